The molecule has 17 heavy (non-hydrogen) atoms. The SMILES string of the molecule is CC(c1cncc(F)c1)N1CC2CNCC2C1. The predicted molar refractivity (Wildman–Crippen MR) is 64.0 cm³/mol. The van der Waals surface area contributed by atoms with Gasteiger partial charge in [-0.05, 0) is 43.5 Å². The molecule has 92 valence electrons. The molecule has 0 saturated carbocycles. The summed E-state index contributed by atoms with van der Waals surface area (Å²) in [4.78, 5) is 6.39. The zero-order valence-electron chi connectivity index (χ0n) is 10.1. The molecule has 0 bridgehead atoms. The summed E-state index contributed by atoms with van der Waals surface area (Å²) < 4.78 is 13.2. The molecule has 3 rings (SSSR count). The maximum absolute atomic E-state index is 13.2. The molecule has 2 fully saturated rings. The van der Waals surface area contributed by atoms with Gasteiger partial charge in [-0.25, -0.2) is 4.39 Å². The fraction of sp³-hybridized carbons (Fsp3) is 0.615. The van der Waals surface area contributed by atoms with Crippen LogP contribution in [0.1, 0.15) is 18.5 Å². The van der Waals surface area contributed by atoms with Gasteiger partial charge in [0.25, 0.3) is 0 Å². The Hall–Kier alpha value is -1.00. The van der Waals surface area contributed by atoms with Gasteiger partial charge in [-0.3, -0.25) is 9.88 Å². The predicted octanol–water partition coefficient (Wildman–Crippen LogP) is 1.43. The Morgan fingerprint density at radius 2 is 2.06 bits per heavy atom. The number of pyridine rings is 1. The molecule has 3 unspecified atom stereocenters. The van der Waals surface area contributed by atoms with Gasteiger partial charge in [0.2, 0.25) is 0 Å². The van der Waals surface area contributed by atoms with Gasteiger partial charge in [0.1, 0.15) is 5.82 Å². The normalized spacial score (nSPS) is 30.5. The van der Waals surface area contributed by atoms with Crippen molar-refractivity contribution in [2.75, 3.05) is 26.2 Å². The van der Waals surface area contributed by atoms with Crippen molar-refractivity contribution in [3.05, 3.63) is 29.8 Å². The summed E-state index contributed by atoms with van der Waals surface area (Å²) in [5.41, 5.74) is 0.984. The lowest BCUT2D eigenvalue weighted by atomic mass is 10.0. The minimum absolute atomic E-state index is 0.240. The zero-order chi connectivity index (χ0) is 11.8. The summed E-state index contributed by atoms with van der Waals surface area (Å²) in [5, 5.41) is 3.43. The van der Waals surface area contributed by atoms with E-state index in [0.717, 1.165) is 43.6 Å². The molecule has 1 N–H and O–H groups in total. The number of rotatable bonds is 2. The van der Waals surface area contributed by atoms with Gasteiger partial charge in [0.05, 0.1) is 6.20 Å². The highest BCUT2D eigenvalue weighted by Crippen LogP contribution is 2.32. The Kier molecular flexibility index (Phi) is 2.84. The minimum Gasteiger partial charge on any atom is -0.316 e. The van der Waals surface area contributed by atoms with Crippen LogP contribution in [0.5, 0.6) is 0 Å². The lowest BCUT2D eigenvalue weighted by Crippen LogP contribution is -2.28. The van der Waals surface area contributed by atoms with E-state index >= 15 is 0 Å². The van der Waals surface area contributed by atoms with Gasteiger partial charge in [0, 0.05) is 25.3 Å². The zero-order valence-corrected chi connectivity index (χ0v) is 10.1. The molecule has 2 aliphatic rings. The Bertz CT molecular complexity index is 397. The highest BCUT2D eigenvalue weighted by atomic mass is 19.1. The molecule has 0 spiro atoms. The van der Waals surface area contributed by atoms with Gasteiger partial charge in [-0.2, -0.15) is 0 Å². The minimum atomic E-state index is -0.240. The number of aromatic nitrogens is 1. The van der Waals surface area contributed by atoms with Crippen molar-refractivity contribution in [1.29, 1.82) is 0 Å². The summed E-state index contributed by atoms with van der Waals surface area (Å²) in [6.07, 6.45) is 3.04. The Labute approximate surface area is 101 Å². The smallest absolute Gasteiger partial charge is 0.141 e. The van der Waals surface area contributed by atoms with E-state index in [0.29, 0.717) is 0 Å². The number of likely N-dealkylation sites (tertiary alicyclic amines) is 1. The van der Waals surface area contributed by atoms with E-state index in [9.17, 15) is 4.39 Å². The molecule has 1 aromatic rings. The first-order valence-corrected chi connectivity index (χ1v) is 6.29. The van der Waals surface area contributed by atoms with E-state index in [4.69, 9.17) is 0 Å². The van der Waals surface area contributed by atoms with Crippen LogP contribution in [0.4, 0.5) is 4.39 Å². The average molecular weight is 235 g/mol. The standard InChI is InChI=1S/C13H18FN3/c1-9(10-2-13(14)6-16-3-10)17-7-11-4-15-5-12(11)8-17/h2-3,6,9,11-12,15H,4-5,7-8H2,1H3. The summed E-state index contributed by atoms with van der Waals surface area (Å²) in [6, 6.07) is 1.87. The monoisotopic (exact) mass is 235 g/mol. The molecule has 0 aliphatic carbocycles. The van der Waals surface area contributed by atoms with Crippen LogP contribution in [0.3, 0.4) is 0 Å². The van der Waals surface area contributed by atoms with E-state index in [1.165, 1.54) is 6.20 Å². The van der Waals surface area contributed by atoms with Crippen LogP contribution in [0.25, 0.3) is 0 Å². The number of hydrogen-bond acceptors (Lipinski definition) is 3. The second-order valence-corrected chi connectivity index (χ2v) is 5.24. The van der Waals surface area contributed by atoms with Gasteiger partial charge in [-0.1, -0.05) is 0 Å². The number of nitrogens with zero attached hydrogens (tertiary/aromatic N) is 2. The van der Waals surface area contributed by atoms with Crippen LogP contribution in [-0.2, 0) is 0 Å². The number of fused-ring (bicyclic) bond motifs is 1. The number of hydrogen-bond donors (Lipinski definition) is 1. The molecule has 4 heteroatoms. The van der Waals surface area contributed by atoms with Crippen molar-refractivity contribution in [1.82, 2.24) is 15.2 Å². The molecular formula is C13H18FN3. The van der Waals surface area contributed by atoms with Crippen LogP contribution < -0.4 is 5.32 Å². The first-order chi connectivity index (χ1) is 8.24. The Balaban J connectivity index is 1.73. The van der Waals surface area contributed by atoms with Crippen molar-refractivity contribution in [2.45, 2.75) is 13.0 Å². The Morgan fingerprint density at radius 1 is 1.35 bits per heavy atom. The van der Waals surface area contributed by atoms with Crippen LogP contribution in [-0.4, -0.2) is 36.1 Å². The van der Waals surface area contributed by atoms with Crippen LogP contribution in [0, 0.1) is 17.7 Å². The van der Waals surface area contributed by atoms with Crippen molar-refractivity contribution in [2.24, 2.45) is 11.8 Å². The van der Waals surface area contributed by atoms with E-state index < -0.39 is 0 Å². The molecule has 1 aromatic heterocycles. The molecule has 0 aromatic carbocycles. The highest BCUT2D eigenvalue weighted by molar-refractivity contribution is 5.15. The van der Waals surface area contributed by atoms with Crippen LogP contribution >= 0.6 is 0 Å². The summed E-state index contributed by atoms with van der Waals surface area (Å²) in [6.45, 7) is 6.65. The number of nitrogens with one attached hydrogen (secondary N) is 1. The summed E-state index contributed by atoms with van der Waals surface area (Å²) in [7, 11) is 0. The summed E-state index contributed by atoms with van der Waals surface area (Å²) in [5.74, 6) is 1.31. The van der Waals surface area contributed by atoms with Crippen molar-refractivity contribution in [3.63, 3.8) is 0 Å². The third kappa shape index (κ3) is 2.07. The van der Waals surface area contributed by atoms with Crippen molar-refractivity contribution >= 4 is 0 Å². The molecule has 3 atom stereocenters. The van der Waals surface area contributed by atoms with Gasteiger partial charge >= 0.3 is 0 Å². The first kappa shape index (κ1) is 11.1. The third-order valence-electron chi connectivity index (χ3n) is 4.17. The molecule has 2 saturated heterocycles. The van der Waals surface area contributed by atoms with Gasteiger partial charge in [-0.15, -0.1) is 0 Å². The average Bonchev–Trinajstić information content (AvgIpc) is 2.88. The maximum Gasteiger partial charge on any atom is 0.141 e. The second kappa shape index (κ2) is 4.35. The molecule has 0 radical (unpaired) electrons. The van der Waals surface area contributed by atoms with Crippen molar-refractivity contribution in [3.8, 4) is 0 Å². The fourth-order valence-corrected chi connectivity index (χ4v) is 3.08. The molecule has 3 heterocycles. The summed E-state index contributed by atoms with van der Waals surface area (Å²) >= 11 is 0. The van der Waals surface area contributed by atoms with E-state index in [2.05, 4.69) is 22.1 Å². The fourth-order valence-electron chi connectivity index (χ4n) is 3.08. The van der Waals surface area contributed by atoms with Crippen LogP contribution in [0.15, 0.2) is 18.5 Å². The molecule has 3 nitrogen and oxygen atoms in total. The Morgan fingerprint density at radius 3 is 2.71 bits per heavy atom. The largest absolute Gasteiger partial charge is 0.316 e. The quantitative estimate of drug-likeness (QED) is 0.840. The first-order valence-electron chi connectivity index (χ1n) is 6.29. The topological polar surface area (TPSA) is 28.2 Å². The van der Waals surface area contributed by atoms with E-state index in [1.807, 2.05) is 0 Å². The van der Waals surface area contributed by atoms with Crippen LogP contribution in [0.2, 0.25) is 0 Å². The highest BCUT2D eigenvalue weighted by Gasteiger charge is 2.37. The maximum atomic E-state index is 13.2. The molecule has 0 amide bonds. The number of halogens is 1. The van der Waals surface area contributed by atoms with Gasteiger partial charge < -0.3 is 5.32 Å². The third-order valence-corrected chi connectivity index (χ3v) is 4.17. The van der Waals surface area contributed by atoms with E-state index in [-0.39, 0.29) is 11.9 Å². The lowest BCUT2D eigenvalue weighted by Gasteiger charge is -2.25. The lowest BCUT2D eigenvalue weighted by molar-refractivity contribution is 0.243. The van der Waals surface area contributed by atoms with E-state index in [1.54, 1.807) is 12.3 Å². The van der Waals surface area contributed by atoms with Crippen molar-refractivity contribution < 1.29 is 4.39 Å². The van der Waals surface area contributed by atoms with Gasteiger partial charge in [0.15, 0.2) is 0 Å². The second-order valence-electron chi connectivity index (χ2n) is 5.24. The molecule has 2 aliphatic heterocycles. The molecular weight excluding hydrogens is 217 g/mol.